The Labute approximate surface area is 232 Å². The predicted octanol–water partition coefficient (Wildman–Crippen LogP) is 5.01. The Kier molecular flexibility index (Phi) is 10.4. The maximum Gasteiger partial charge on any atom is 0.303 e. The first-order chi connectivity index (χ1) is 18.9. The number of carboxylic acid groups (broad SMARTS) is 1. The van der Waals surface area contributed by atoms with Gasteiger partial charge in [0.15, 0.2) is 6.29 Å². The molecule has 1 aliphatic heterocycles. The van der Waals surface area contributed by atoms with Crippen molar-refractivity contribution < 1.29 is 34.0 Å². The molecular weight excluding hydrogens is 518 g/mol. The number of thioether (sulfide) groups is 1. The Morgan fingerprint density at radius 3 is 2.33 bits per heavy atom. The van der Waals surface area contributed by atoms with Crippen molar-refractivity contribution in [1.29, 1.82) is 0 Å². The van der Waals surface area contributed by atoms with Gasteiger partial charge in [0.1, 0.15) is 5.75 Å². The van der Waals surface area contributed by atoms with Gasteiger partial charge in [0.2, 0.25) is 5.91 Å². The van der Waals surface area contributed by atoms with Crippen LogP contribution in [0.25, 0.3) is 0 Å². The normalized spacial score (nSPS) is 18.9. The summed E-state index contributed by atoms with van der Waals surface area (Å²) in [6.45, 7) is 0.297. The summed E-state index contributed by atoms with van der Waals surface area (Å²) in [6, 6.07) is 23.3. The number of aliphatic carboxylic acids is 1. The molecule has 0 aromatic heterocycles. The Balaban J connectivity index is 1.45. The number of carboxylic acids is 1. The van der Waals surface area contributed by atoms with E-state index in [2.05, 4.69) is 5.32 Å². The van der Waals surface area contributed by atoms with Gasteiger partial charge in [-0.1, -0.05) is 60.7 Å². The molecule has 9 heteroatoms. The van der Waals surface area contributed by atoms with E-state index in [0.717, 1.165) is 32.9 Å². The van der Waals surface area contributed by atoms with Crippen molar-refractivity contribution in [1.82, 2.24) is 5.32 Å². The molecule has 39 heavy (non-hydrogen) atoms. The number of methoxy groups -OCH3 is 1. The van der Waals surface area contributed by atoms with Crippen LogP contribution in [0.3, 0.4) is 0 Å². The lowest BCUT2D eigenvalue weighted by Crippen LogP contribution is -2.31. The van der Waals surface area contributed by atoms with Crippen LogP contribution in [0.15, 0.2) is 77.7 Å². The average Bonchev–Trinajstić information content (AvgIpc) is 2.98. The Bertz CT molecular complexity index is 1230. The van der Waals surface area contributed by atoms with Gasteiger partial charge in [0.05, 0.1) is 32.3 Å². The lowest BCUT2D eigenvalue weighted by molar-refractivity contribution is -0.245. The molecular formula is C30H33NO7S. The van der Waals surface area contributed by atoms with E-state index >= 15 is 0 Å². The van der Waals surface area contributed by atoms with Crippen molar-refractivity contribution in [3.8, 4) is 5.75 Å². The predicted molar refractivity (Wildman–Crippen MR) is 147 cm³/mol. The summed E-state index contributed by atoms with van der Waals surface area (Å²) < 4.78 is 18.3. The van der Waals surface area contributed by atoms with Gasteiger partial charge in [-0.25, -0.2) is 0 Å². The lowest BCUT2D eigenvalue weighted by atomic mass is 10.0. The van der Waals surface area contributed by atoms with Crippen molar-refractivity contribution in [3.63, 3.8) is 0 Å². The van der Waals surface area contributed by atoms with Gasteiger partial charge in [-0.2, -0.15) is 0 Å². The molecule has 1 fully saturated rings. The van der Waals surface area contributed by atoms with Crippen LogP contribution >= 0.6 is 11.8 Å². The molecule has 0 aliphatic carbocycles. The third-order valence-corrected chi connectivity index (χ3v) is 7.60. The van der Waals surface area contributed by atoms with E-state index in [1.54, 1.807) is 18.9 Å². The SMILES string of the molecule is COc1ccccc1SC[C@@H]1C[C@H](c2ccc(CO)cc2)O[C@H](c2ccc(CNC(=O)CCC(=O)O)cc2)O1. The maximum absolute atomic E-state index is 11.8. The average molecular weight is 552 g/mol. The fraction of sp³-hybridized carbons (Fsp3) is 0.333. The van der Waals surface area contributed by atoms with Gasteiger partial charge in [0, 0.05) is 35.6 Å². The van der Waals surface area contributed by atoms with Gasteiger partial charge in [-0.15, -0.1) is 11.8 Å². The molecule has 3 atom stereocenters. The number of ether oxygens (including phenoxy) is 3. The van der Waals surface area contributed by atoms with Crippen molar-refractivity contribution in [2.45, 2.75) is 55.8 Å². The topological polar surface area (TPSA) is 114 Å². The Morgan fingerprint density at radius 2 is 1.64 bits per heavy atom. The van der Waals surface area contributed by atoms with Crippen LogP contribution in [-0.4, -0.2) is 41.1 Å². The Hall–Kier alpha value is -3.37. The number of hydrogen-bond acceptors (Lipinski definition) is 7. The fourth-order valence-electron chi connectivity index (χ4n) is 4.25. The molecule has 1 aliphatic rings. The molecule has 1 heterocycles. The zero-order valence-corrected chi connectivity index (χ0v) is 22.6. The minimum absolute atomic E-state index is 0.0118. The van der Waals surface area contributed by atoms with Crippen LogP contribution < -0.4 is 10.1 Å². The molecule has 3 aromatic carbocycles. The third-order valence-electron chi connectivity index (χ3n) is 6.42. The summed E-state index contributed by atoms with van der Waals surface area (Å²) in [5.41, 5.74) is 3.61. The number of hydrogen-bond donors (Lipinski definition) is 3. The van der Waals surface area contributed by atoms with E-state index in [4.69, 9.17) is 19.3 Å². The highest BCUT2D eigenvalue weighted by Gasteiger charge is 2.32. The van der Waals surface area contributed by atoms with Crippen molar-refractivity contribution in [2.24, 2.45) is 0 Å². The molecule has 0 spiro atoms. The van der Waals surface area contributed by atoms with E-state index in [1.165, 1.54) is 0 Å². The first kappa shape index (κ1) is 28.6. The summed E-state index contributed by atoms with van der Waals surface area (Å²) in [4.78, 5) is 23.5. The number of carbonyl (C=O) groups is 2. The molecule has 0 bridgehead atoms. The maximum atomic E-state index is 11.8. The van der Waals surface area contributed by atoms with Crippen molar-refractivity contribution in [2.75, 3.05) is 12.9 Å². The van der Waals surface area contributed by atoms with Gasteiger partial charge in [-0.05, 0) is 28.8 Å². The molecule has 3 N–H and O–H groups in total. The molecule has 1 saturated heterocycles. The van der Waals surface area contributed by atoms with Gasteiger partial charge in [0.25, 0.3) is 0 Å². The molecule has 0 radical (unpaired) electrons. The van der Waals surface area contributed by atoms with Crippen LogP contribution in [0.4, 0.5) is 0 Å². The summed E-state index contributed by atoms with van der Waals surface area (Å²) in [5.74, 6) is 0.245. The summed E-state index contributed by atoms with van der Waals surface area (Å²) in [7, 11) is 1.66. The molecule has 0 saturated carbocycles. The van der Waals surface area contributed by atoms with Crippen LogP contribution in [-0.2, 0) is 32.2 Å². The molecule has 8 nitrogen and oxygen atoms in total. The number of benzene rings is 3. The van der Waals surface area contributed by atoms with E-state index in [1.807, 2.05) is 72.8 Å². The zero-order chi connectivity index (χ0) is 27.6. The largest absolute Gasteiger partial charge is 0.496 e. The quantitative estimate of drug-likeness (QED) is 0.269. The zero-order valence-electron chi connectivity index (χ0n) is 21.7. The number of amides is 1. The first-order valence-corrected chi connectivity index (χ1v) is 13.8. The smallest absolute Gasteiger partial charge is 0.303 e. The molecule has 1 amide bonds. The molecule has 0 unspecified atom stereocenters. The van der Waals surface area contributed by atoms with E-state index in [-0.39, 0.29) is 37.6 Å². The monoisotopic (exact) mass is 551 g/mol. The van der Waals surface area contributed by atoms with Crippen molar-refractivity contribution in [3.05, 3.63) is 95.1 Å². The summed E-state index contributed by atoms with van der Waals surface area (Å²) in [6.07, 6.45) is -0.420. The first-order valence-electron chi connectivity index (χ1n) is 12.8. The highest BCUT2D eigenvalue weighted by molar-refractivity contribution is 7.99. The van der Waals surface area contributed by atoms with Gasteiger partial charge in [-0.3, -0.25) is 9.59 Å². The van der Waals surface area contributed by atoms with Gasteiger partial charge >= 0.3 is 5.97 Å². The second-order valence-electron chi connectivity index (χ2n) is 9.22. The third kappa shape index (κ3) is 8.31. The number of para-hydroxylation sites is 1. The van der Waals surface area contributed by atoms with Crippen LogP contribution in [0.1, 0.15) is 53.9 Å². The minimum atomic E-state index is -0.996. The number of rotatable bonds is 12. The summed E-state index contributed by atoms with van der Waals surface area (Å²) in [5, 5.41) is 20.9. The van der Waals surface area contributed by atoms with E-state index in [0.29, 0.717) is 18.7 Å². The van der Waals surface area contributed by atoms with Crippen LogP contribution in [0.5, 0.6) is 5.75 Å². The fourth-order valence-corrected chi connectivity index (χ4v) is 5.29. The van der Waals surface area contributed by atoms with Gasteiger partial charge < -0.3 is 29.7 Å². The number of nitrogens with one attached hydrogen (secondary N) is 1. The number of aliphatic hydroxyl groups is 1. The Morgan fingerprint density at radius 1 is 0.949 bits per heavy atom. The summed E-state index contributed by atoms with van der Waals surface area (Å²) >= 11 is 1.68. The second-order valence-corrected chi connectivity index (χ2v) is 10.3. The standard InChI is InChI=1S/C30H33NO7S/c1-36-25-4-2-3-5-27(25)39-19-24-16-26(22-10-8-21(18-32)9-11-22)38-30(37-24)23-12-6-20(7-13-23)17-31-28(33)14-15-29(34)35/h2-13,24,26,30,32H,14-19H2,1H3,(H,31,33)(H,34,35)/t24-,26+,30+/m0/s1. The highest BCUT2D eigenvalue weighted by atomic mass is 32.2. The van der Waals surface area contributed by atoms with Crippen molar-refractivity contribution >= 4 is 23.6 Å². The highest BCUT2D eigenvalue weighted by Crippen LogP contribution is 2.40. The number of aliphatic hydroxyl groups excluding tert-OH is 1. The molecule has 206 valence electrons. The molecule has 3 aromatic rings. The second kappa shape index (κ2) is 14.1. The van der Waals surface area contributed by atoms with Crippen LogP contribution in [0.2, 0.25) is 0 Å². The molecule has 4 rings (SSSR count). The lowest BCUT2D eigenvalue weighted by Gasteiger charge is -2.36. The van der Waals surface area contributed by atoms with E-state index in [9.17, 15) is 14.7 Å². The van der Waals surface area contributed by atoms with Crippen LogP contribution in [0, 0.1) is 0 Å². The van der Waals surface area contributed by atoms with E-state index < -0.39 is 12.3 Å². The minimum Gasteiger partial charge on any atom is -0.496 e. The number of carbonyl (C=O) groups excluding carboxylic acids is 1.